The molecule has 2 heterocycles. The lowest BCUT2D eigenvalue weighted by Gasteiger charge is -2.04. The van der Waals surface area contributed by atoms with Crippen LogP contribution in [0.2, 0.25) is 0 Å². The van der Waals surface area contributed by atoms with Crippen molar-refractivity contribution in [3.63, 3.8) is 0 Å². The number of aromatic nitrogens is 3. The normalized spacial score (nSPS) is 10.8. The monoisotopic (exact) mass is 288 g/mol. The standard InChI is InChI=1S/C14H7F3N4/c15-9-3-4-10(16)14(17)8(9)6-13-20-11(7-18)12-2-1-5-19-21(12)13/h1-5H,6H2. The smallest absolute Gasteiger partial charge is 0.168 e. The van der Waals surface area contributed by atoms with Gasteiger partial charge in [-0.15, -0.1) is 0 Å². The lowest BCUT2D eigenvalue weighted by molar-refractivity contribution is 0.481. The van der Waals surface area contributed by atoms with E-state index >= 15 is 0 Å². The second-order valence-corrected chi connectivity index (χ2v) is 4.31. The summed E-state index contributed by atoms with van der Waals surface area (Å²) in [5.74, 6) is -3.12. The number of rotatable bonds is 2. The maximum absolute atomic E-state index is 13.7. The Morgan fingerprint density at radius 2 is 1.90 bits per heavy atom. The van der Waals surface area contributed by atoms with Crippen LogP contribution in [0, 0.1) is 28.8 Å². The maximum atomic E-state index is 13.7. The molecule has 104 valence electrons. The first-order valence-corrected chi connectivity index (χ1v) is 5.97. The van der Waals surface area contributed by atoms with Gasteiger partial charge < -0.3 is 0 Å². The van der Waals surface area contributed by atoms with Crippen molar-refractivity contribution in [2.24, 2.45) is 0 Å². The first-order chi connectivity index (χ1) is 10.1. The molecule has 2 aromatic heterocycles. The first-order valence-electron chi connectivity index (χ1n) is 5.97. The lowest BCUT2D eigenvalue weighted by Crippen LogP contribution is -2.04. The summed E-state index contributed by atoms with van der Waals surface area (Å²) in [5.41, 5.74) is 0.0691. The number of fused-ring (bicyclic) bond motifs is 1. The molecule has 0 spiro atoms. The van der Waals surface area contributed by atoms with Gasteiger partial charge in [-0.25, -0.2) is 22.7 Å². The minimum Gasteiger partial charge on any atom is -0.220 e. The molecule has 0 aliphatic rings. The molecule has 7 heteroatoms. The zero-order chi connectivity index (χ0) is 15.0. The Kier molecular flexibility index (Phi) is 3.06. The number of nitrogens with zero attached hydrogens (tertiary/aromatic N) is 4. The summed E-state index contributed by atoms with van der Waals surface area (Å²) in [6.07, 6.45) is 1.15. The Balaban J connectivity index is 2.16. The van der Waals surface area contributed by atoms with E-state index in [1.807, 2.05) is 6.07 Å². The fourth-order valence-electron chi connectivity index (χ4n) is 2.08. The van der Waals surface area contributed by atoms with E-state index in [2.05, 4.69) is 10.1 Å². The predicted molar refractivity (Wildman–Crippen MR) is 66.8 cm³/mol. The highest BCUT2D eigenvalue weighted by molar-refractivity contribution is 5.57. The molecular weight excluding hydrogens is 281 g/mol. The Bertz CT molecular complexity index is 880. The molecule has 3 aromatic rings. The summed E-state index contributed by atoms with van der Waals surface area (Å²) in [5, 5.41) is 13.0. The molecule has 0 radical (unpaired) electrons. The fraction of sp³-hybridized carbons (Fsp3) is 0.0714. The summed E-state index contributed by atoms with van der Waals surface area (Å²) in [6.45, 7) is 0. The molecule has 0 unspecified atom stereocenters. The largest absolute Gasteiger partial charge is 0.220 e. The zero-order valence-corrected chi connectivity index (χ0v) is 10.5. The summed E-state index contributed by atoms with van der Waals surface area (Å²) >= 11 is 0. The van der Waals surface area contributed by atoms with Crippen LogP contribution < -0.4 is 0 Å². The number of nitriles is 1. The van der Waals surface area contributed by atoms with Crippen LogP contribution in [0.25, 0.3) is 5.52 Å². The van der Waals surface area contributed by atoms with Gasteiger partial charge in [-0.1, -0.05) is 0 Å². The van der Waals surface area contributed by atoms with Crippen molar-refractivity contribution in [1.82, 2.24) is 14.6 Å². The zero-order valence-electron chi connectivity index (χ0n) is 10.5. The van der Waals surface area contributed by atoms with Gasteiger partial charge in [-0.3, -0.25) is 0 Å². The predicted octanol–water partition coefficient (Wildman–Crippen LogP) is 2.61. The summed E-state index contributed by atoms with van der Waals surface area (Å²) in [6, 6.07) is 6.68. The Morgan fingerprint density at radius 1 is 1.14 bits per heavy atom. The van der Waals surface area contributed by atoms with Gasteiger partial charge in [0.15, 0.2) is 17.3 Å². The molecule has 1 aromatic carbocycles. The Hall–Kier alpha value is -2.88. The van der Waals surface area contributed by atoms with E-state index in [1.165, 1.54) is 10.7 Å². The number of hydrogen-bond donors (Lipinski definition) is 0. The molecule has 0 fully saturated rings. The number of halogens is 3. The average Bonchev–Trinajstić information content (AvgIpc) is 2.86. The van der Waals surface area contributed by atoms with E-state index in [1.54, 1.807) is 12.1 Å². The van der Waals surface area contributed by atoms with Crippen molar-refractivity contribution in [3.8, 4) is 6.07 Å². The fourth-order valence-corrected chi connectivity index (χ4v) is 2.08. The molecule has 0 amide bonds. The highest BCUT2D eigenvalue weighted by Crippen LogP contribution is 2.20. The van der Waals surface area contributed by atoms with Crippen LogP contribution in [0.3, 0.4) is 0 Å². The molecule has 4 nitrogen and oxygen atoms in total. The van der Waals surface area contributed by atoms with Crippen LogP contribution in [0.15, 0.2) is 30.5 Å². The van der Waals surface area contributed by atoms with Crippen LogP contribution in [0.5, 0.6) is 0 Å². The molecule has 3 rings (SSSR count). The van der Waals surface area contributed by atoms with Gasteiger partial charge in [-0.2, -0.15) is 10.4 Å². The van der Waals surface area contributed by atoms with Crippen molar-refractivity contribution >= 4 is 5.52 Å². The summed E-state index contributed by atoms with van der Waals surface area (Å²) in [7, 11) is 0. The van der Waals surface area contributed by atoms with Crippen molar-refractivity contribution in [3.05, 3.63) is 65.0 Å². The van der Waals surface area contributed by atoms with Crippen molar-refractivity contribution in [2.75, 3.05) is 0 Å². The van der Waals surface area contributed by atoms with Gasteiger partial charge in [0, 0.05) is 18.2 Å². The molecule has 0 N–H and O–H groups in total. The van der Waals surface area contributed by atoms with E-state index in [0.717, 1.165) is 12.1 Å². The number of imidazole rings is 1. The highest BCUT2D eigenvalue weighted by Gasteiger charge is 2.18. The van der Waals surface area contributed by atoms with Gasteiger partial charge in [-0.05, 0) is 24.3 Å². The highest BCUT2D eigenvalue weighted by atomic mass is 19.2. The number of hydrogen-bond acceptors (Lipinski definition) is 3. The SMILES string of the molecule is N#Cc1nc(Cc2c(F)ccc(F)c2F)n2ncccc12. The number of benzene rings is 1. The van der Waals surface area contributed by atoms with Crippen LogP contribution in [-0.4, -0.2) is 14.6 Å². The minimum absolute atomic E-state index is 0.0929. The molecule has 0 bridgehead atoms. The Morgan fingerprint density at radius 3 is 2.67 bits per heavy atom. The van der Waals surface area contributed by atoms with E-state index in [-0.39, 0.29) is 17.9 Å². The second kappa shape index (κ2) is 4.90. The summed E-state index contributed by atoms with van der Waals surface area (Å²) in [4.78, 5) is 4.00. The third-order valence-electron chi connectivity index (χ3n) is 3.06. The van der Waals surface area contributed by atoms with Gasteiger partial charge in [0.1, 0.15) is 23.2 Å². The molecule has 0 atom stereocenters. The van der Waals surface area contributed by atoms with E-state index < -0.39 is 23.0 Å². The molecule has 0 saturated heterocycles. The van der Waals surface area contributed by atoms with Crippen LogP contribution in [0.1, 0.15) is 17.1 Å². The molecular formula is C14H7F3N4. The lowest BCUT2D eigenvalue weighted by atomic mass is 10.1. The molecule has 0 aliphatic heterocycles. The quantitative estimate of drug-likeness (QED) is 0.681. The third-order valence-corrected chi connectivity index (χ3v) is 3.06. The van der Waals surface area contributed by atoms with Crippen molar-refractivity contribution in [1.29, 1.82) is 5.26 Å². The minimum atomic E-state index is -1.26. The van der Waals surface area contributed by atoms with Gasteiger partial charge in [0.05, 0.1) is 0 Å². The van der Waals surface area contributed by atoms with Crippen LogP contribution >= 0.6 is 0 Å². The topological polar surface area (TPSA) is 54.0 Å². The van der Waals surface area contributed by atoms with Gasteiger partial charge in [0.2, 0.25) is 0 Å². The molecule has 21 heavy (non-hydrogen) atoms. The summed E-state index contributed by atoms with van der Waals surface area (Å²) < 4.78 is 41.9. The molecule has 0 aliphatic carbocycles. The molecule has 0 saturated carbocycles. The average molecular weight is 288 g/mol. The maximum Gasteiger partial charge on any atom is 0.168 e. The first kappa shape index (κ1) is 13.1. The van der Waals surface area contributed by atoms with Crippen molar-refractivity contribution in [2.45, 2.75) is 6.42 Å². The van der Waals surface area contributed by atoms with Crippen LogP contribution in [0.4, 0.5) is 13.2 Å². The van der Waals surface area contributed by atoms with E-state index in [9.17, 15) is 13.2 Å². The Labute approximate surface area is 117 Å². The van der Waals surface area contributed by atoms with Gasteiger partial charge in [0.25, 0.3) is 0 Å². The van der Waals surface area contributed by atoms with Gasteiger partial charge >= 0.3 is 0 Å². The second-order valence-electron chi connectivity index (χ2n) is 4.31. The van der Waals surface area contributed by atoms with Crippen LogP contribution in [-0.2, 0) is 6.42 Å². The third kappa shape index (κ3) is 2.10. The van der Waals surface area contributed by atoms with Crippen molar-refractivity contribution < 1.29 is 13.2 Å². The van der Waals surface area contributed by atoms with E-state index in [0.29, 0.717) is 5.52 Å². The van der Waals surface area contributed by atoms with E-state index in [4.69, 9.17) is 5.26 Å².